The summed E-state index contributed by atoms with van der Waals surface area (Å²) in [6.45, 7) is 4.02. The zero-order valence-electron chi connectivity index (χ0n) is 20.7. The molecule has 192 valence electrons. The maximum absolute atomic E-state index is 13.1. The Kier molecular flexibility index (Phi) is 6.22. The van der Waals surface area contributed by atoms with Crippen molar-refractivity contribution in [2.75, 3.05) is 43.9 Å². The van der Waals surface area contributed by atoms with Crippen LogP contribution in [0.5, 0.6) is 0 Å². The zero-order chi connectivity index (χ0) is 26.2. The molecule has 0 aliphatic carbocycles. The number of para-hydroxylation sites is 2. The second kappa shape index (κ2) is 9.85. The van der Waals surface area contributed by atoms with Gasteiger partial charge in [0, 0.05) is 36.9 Å². The van der Waals surface area contributed by atoms with E-state index >= 15 is 0 Å². The standard InChI is InChI=1S/C21H20ClN5O2.C7H6N2/c1-26-6-8-27(9-7-26)13-3-4-15-16(11-13)25-21(24-15)18-19(28)14-10-12(22)2-5-17(14)29-20(18)23;1-2-4-7-6(3-1)8-5-9-7/h2-5,10-11H,6-9,23H2,1H3,(H,24,25);1-5H,(H,8,9). The molecule has 1 saturated heterocycles. The van der Waals surface area contributed by atoms with Gasteiger partial charge in [-0.25, -0.2) is 9.97 Å². The number of hydrogen-bond donors (Lipinski definition) is 3. The third-order valence-corrected chi connectivity index (χ3v) is 7.01. The summed E-state index contributed by atoms with van der Waals surface area (Å²) < 4.78 is 5.65. The average molecular weight is 528 g/mol. The van der Waals surface area contributed by atoms with E-state index in [1.165, 1.54) is 0 Å². The molecule has 0 atom stereocenters. The van der Waals surface area contributed by atoms with Crippen LogP contribution in [0.4, 0.5) is 11.6 Å². The van der Waals surface area contributed by atoms with Gasteiger partial charge in [-0.2, -0.15) is 0 Å². The molecule has 1 aliphatic rings. The number of piperazine rings is 1. The first-order chi connectivity index (χ1) is 18.5. The summed E-state index contributed by atoms with van der Waals surface area (Å²) in [5, 5.41) is 0.835. The van der Waals surface area contributed by atoms with Crippen molar-refractivity contribution in [3.05, 3.63) is 82.2 Å². The van der Waals surface area contributed by atoms with Crippen LogP contribution in [0.3, 0.4) is 0 Å². The number of nitrogen functional groups attached to an aromatic ring is 1. The Morgan fingerprint density at radius 1 is 0.974 bits per heavy atom. The lowest BCUT2D eigenvalue weighted by Gasteiger charge is -2.34. The zero-order valence-corrected chi connectivity index (χ0v) is 21.5. The van der Waals surface area contributed by atoms with E-state index in [0.29, 0.717) is 21.8 Å². The number of imidazole rings is 2. The van der Waals surface area contributed by atoms with Gasteiger partial charge in [0.1, 0.15) is 17.0 Å². The highest BCUT2D eigenvalue weighted by Gasteiger charge is 2.19. The Morgan fingerprint density at radius 2 is 1.79 bits per heavy atom. The molecule has 0 amide bonds. The lowest BCUT2D eigenvalue weighted by atomic mass is 10.1. The molecule has 0 spiro atoms. The number of anilines is 2. The molecule has 38 heavy (non-hydrogen) atoms. The van der Waals surface area contributed by atoms with E-state index in [0.717, 1.165) is 53.9 Å². The number of fused-ring (bicyclic) bond motifs is 3. The fraction of sp³-hybridized carbons (Fsp3) is 0.179. The first-order valence-corrected chi connectivity index (χ1v) is 12.7. The summed E-state index contributed by atoms with van der Waals surface area (Å²) in [7, 11) is 2.13. The molecule has 0 radical (unpaired) electrons. The van der Waals surface area contributed by atoms with E-state index < -0.39 is 0 Å². The van der Waals surface area contributed by atoms with E-state index in [-0.39, 0.29) is 16.9 Å². The third-order valence-electron chi connectivity index (χ3n) is 6.78. The molecule has 7 rings (SSSR count). The van der Waals surface area contributed by atoms with Gasteiger partial charge in [-0.3, -0.25) is 4.79 Å². The molecule has 4 heterocycles. The highest BCUT2D eigenvalue weighted by atomic mass is 35.5. The Balaban J connectivity index is 0.000000246. The minimum Gasteiger partial charge on any atom is -0.440 e. The maximum Gasteiger partial charge on any atom is 0.205 e. The Hall–Kier alpha value is -4.34. The van der Waals surface area contributed by atoms with Gasteiger partial charge in [-0.1, -0.05) is 23.7 Å². The summed E-state index contributed by atoms with van der Waals surface area (Å²) in [5.41, 5.74) is 11.3. The highest BCUT2D eigenvalue weighted by molar-refractivity contribution is 6.31. The predicted octanol–water partition coefficient (Wildman–Crippen LogP) is 4.89. The molecule has 6 aromatic rings. The first kappa shape index (κ1) is 24.0. The second-order valence-electron chi connectivity index (χ2n) is 9.31. The summed E-state index contributed by atoms with van der Waals surface area (Å²) in [4.78, 5) is 32.6. The van der Waals surface area contributed by atoms with Crippen molar-refractivity contribution in [1.29, 1.82) is 0 Å². The minimum absolute atomic E-state index is 0.0307. The minimum atomic E-state index is -0.260. The van der Waals surface area contributed by atoms with Crippen molar-refractivity contribution in [3.8, 4) is 11.4 Å². The number of nitrogens with one attached hydrogen (secondary N) is 2. The molecular formula is C28H26ClN7O2. The van der Waals surface area contributed by atoms with Crippen LogP contribution in [0.1, 0.15) is 0 Å². The number of nitrogens with zero attached hydrogens (tertiary/aromatic N) is 4. The van der Waals surface area contributed by atoms with Crippen LogP contribution in [0.2, 0.25) is 5.02 Å². The van der Waals surface area contributed by atoms with Crippen LogP contribution in [0.25, 0.3) is 44.4 Å². The van der Waals surface area contributed by atoms with Crippen molar-refractivity contribution in [2.24, 2.45) is 0 Å². The fourth-order valence-corrected chi connectivity index (χ4v) is 4.84. The van der Waals surface area contributed by atoms with Crippen molar-refractivity contribution >= 4 is 56.2 Å². The van der Waals surface area contributed by atoms with Crippen LogP contribution >= 0.6 is 11.6 Å². The lowest BCUT2D eigenvalue weighted by molar-refractivity contribution is 0.313. The van der Waals surface area contributed by atoms with Crippen molar-refractivity contribution in [2.45, 2.75) is 0 Å². The summed E-state index contributed by atoms with van der Waals surface area (Å²) in [6, 6.07) is 18.9. The van der Waals surface area contributed by atoms with Crippen LogP contribution in [-0.4, -0.2) is 58.1 Å². The van der Waals surface area contributed by atoms with Gasteiger partial charge in [0.2, 0.25) is 11.3 Å². The van der Waals surface area contributed by atoms with Crippen molar-refractivity contribution in [3.63, 3.8) is 0 Å². The number of benzene rings is 3. The van der Waals surface area contributed by atoms with Gasteiger partial charge < -0.3 is 29.9 Å². The van der Waals surface area contributed by atoms with E-state index in [9.17, 15) is 4.79 Å². The maximum atomic E-state index is 13.1. The van der Waals surface area contributed by atoms with Crippen LogP contribution in [-0.2, 0) is 0 Å². The van der Waals surface area contributed by atoms with Crippen LogP contribution in [0, 0.1) is 0 Å². The number of hydrogen-bond acceptors (Lipinski definition) is 7. The molecule has 3 aromatic heterocycles. The molecule has 10 heteroatoms. The predicted molar refractivity (Wildman–Crippen MR) is 153 cm³/mol. The van der Waals surface area contributed by atoms with E-state index in [4.69, 9.17) is 21.8 Å². The second-order valence-corrected chi connectivity index (χ2v) is 9.74. The number of H-pyrrole nitrogens is 2. The molecule has 9 nitrogen and oxygen atoms in total. The average Bonchev–Trinajstić information content (AvgIpc) is 3.57. The SMILES string of the molecule is CN1CCN(c2ccc3nc(-c4c(N)oc5ccc(Cl)cc5c4=O)[nH]c3c2)CC1.c1ccc2[nH]cnc2c1. The summed E-state index contributed by atoms with van der Waals surface area (Å²) >= 11 is 6.05. The topological polar surface area (TPSA) is 120 Å². The lowest BCUT2D eigenvalue weighted by Crippen LogP contribution is -2.44. The molecule has 0 bridgehead atoms. The molecule has 3 aromatic carbocycles. The number of nitrogens with two attached hydrogens (primary N) is 1. The first-order valence-electron chi connectivity index (χ1n) is 12.3. The van der Waals surface area contributed by atoms with Gasteiger partial charge >= 0.3 is 0 Å². The molecule has 0 unspecified atom stereocenters. The van der Waals surface area contributed by atoms with E-state index in [1.54, 1.807) is 24.5 Å². The quantitative estimate of drug-likeness (QED) is 0.293. The largest absolute Gasteiger partial charge is 0.440 e. The third kappa shape index (κ3) is 4.57. The van der Waals surface area contributed by atoms with Gasteiger partial charge in [0.25, 0.3) is 0 Å². The number of rotatable bonds is 2. The highest BCUT2D eigenvalue weighted by Crippen LogP contribution is 2.29. The summed E-state index contributed by atoms with van der Waals surface area (Å²) in [5.74, 6) is 0.423. The normalized spacial score (nSPS) is 14.2. The van der Waals surface area contributed by atoms with E-state index in [1.807, 2.05) is 30.3 Å². The number of aromatic amines is 2. The van der Waals surface area contributed by atoms with Gasteiger partial charge in [-0.05, 0) is 55.6 Å². The van der Waals surface area contributed by atoms with Crippen LogP contribution in [0.15, 0.2) is 76.2 Å². The van der Waals surface area contributed by atoms with Gasteiger partial charge in [0.05, 0.1) is 33.8 Å². The molecule has 1 aliphatic heterocycles. The van der Waals surface area contributed by atoms with Gasteiger partial charge in [-0.15, -0.1) is 0 Å². The molecule has 1 fully saturated rings. The van der Waals surface area contributed by atoms with E-state index in [2.05, 4.69) is 48.9 Å². The number of halogens is 1. The molecule has 0 saturated carbocycles. The Labute approximate surface area is 222 Å². The number of likely N-dealkylation sites (N-methyl/N-ethyl adjacent to an activating group) is 1. The van der Waals surface area contributed by atoms with Crippen molar-refractivity contribution in [1.82, 2.24) is 24.8 Å². The summed E-state index contributed by atoms with van der Waals surface area (Å²) in [6.07, 6.45) is 1.70. The van der Waals surface area contributed by atoms with Crippen molar-refractivity contribution < 1.29 is 4.42 Å². The Bertz CT molecular complexity index is 1790. The number of aromatic nitrogens is 4. The monoisotopic (exact) mass is 527 g/mol. The van der Waals surface area contributed by atoms with Crippen LogP contribution < -0.4 is 16.1 Å². The molecule has 4 N–H and O–H groups in total. The smallest absolute Gasteiger partial charge is 0.205 e. The molecular weight excluding hydrogens is 502 g/mol. The fourth-order valence-electron chi connectivity index (χ4n) is 4.67. The van der Waals surface area contributed by atoms with Gasteiger partial charge in [0.15, 0.2) is 0 Å². The Morgan fingerprint density at radius 3 is 2.61 bits per heavy atom.